The van der Waals surface area contributed by atoms with Crippen molar-refractivity contribution in [2.45, 2.75) is 45.8 Å². The number of carboxylic acid groups (broad SMARTS) is 1. The molecule has 1 fully saturated rings. The van der Waals surface area contributed by atoms with Crippen LogP contribution in [0, 0.1) is 11.8 Å². The Morgan fingerprint density at radius 2 is 1.81 bits per heavy atom. The van der Waals surface area contributed by atoms with E-state index in [0.717, 1.165) is 11.1 Å². The molecule has 9 heteroatoms. The van der Waals surface area contributed by atoms with Gasteiger partial charge in [0.25, 0.3) is 0 Å². The number of rotatable bonds is 10. The summed E-state index contributed by atoms with van der Waals surface area (Å²) in [5, 5.41) is 12.0. The summed E-state index contributed by atoms with van der Waals surface area (Å²) in [6, 6.07) is 16.8. The molecule has 2 aromatic carbocycles. The largest absolute Gasteiger partial charge is 0.492 e. The molecule has 0 bridgehead atoms. The van der Waals surface area contributed by atoms with E-state index < -0.39 is 23.7 Å². The predicted octanol–water partition coefficient (Wildman–Crippen LogP) is 4.49. The van der Waals surface area contributed by atoms with Gasteiger partial charge in [-0.2, -0.15) is 0 Å². The number of alkyl carbamates (subject to hydrolysis) is 1. The van der Waals surface area contributed by atoms with Crippen molar-refractivity contribution in [2.75, 3.05) is 26.2 Å². The maximum absolute atomic E-state index is 13.1. The number of nitrogens with one attached hydrogen (secondary N) is 1. The summed E-state index contributed by atoms with van der Waals surface area (Å²) in [7, 11) is 0. The predicted molar refractivity (Wildman–Crippen MR) is 137 cm³/mol. The average Bonchev–Trinajstić information content (AvgIpc) is 3.34. The van der Waals surface area contributed by atoms with Crippen LogP contribution in [-0.2, 0) is 27.3 Å². The third kappa shape index (κ3) is 9.33. The molecule has 2 aromatic rings. The van der Waals surface area contributed by atoms with Crippen LogP contribution in [0.2, 0.25) is 0 Å². The molecule has 2 amide bonds. The van der Waals surface area contributed by atoms with Crippen LogP contribution >= 0.6 is 0 Å². The fourth-order valence-corrected chi connectivity index (χ4v) is 4.22. The molecule has 0 radical (unpaired) electrons. The SMILES string of the molecule is CC(C)(C)OC(=O)C(Cc1cccc(OCCNC(=O)OCc2ccccc2)c1)C1CCN(C(=O)O)C1. The Kier molecular flexibility index (Phi) is 9.77. The summed E-state index contributed by atoms with van der Waals surface area (Å²) in [6.45, 7) is 6.88. The first-order valence-corrected chi connectivity index (χ1v) is 12.5. The van der Waals surface area contributed by atoms with Crippen LogP contribution in [0.4, 0.5) is 9.59 Å². The molecule has 2 atom stereocenters. The smallest absolute Gasteiger partial charge is 0.407 e. The highest BCUT2D eigenvalue weighted by Crippen LogP contribution is 2.30. The van der Waals surface area contributed by atoms with Crippen molar-refractivity contribution < 1.29 is 33.7 Å². The van der Waals surface area contributed by atoms with E-state index in [-0.39, 0.29) is 31.6 Å². The molecule has 3 rings (SSSR count). The molecule has 0 saturated carbocycles. The number of hydrogen-bond donors (Lipinski definition) is 2. The molecule has 2 N–H and O–H groups in total. The lowest BCUT2D eigenvalue weighted by Crippen LogP contribution is -2.35. The summed E-state index contributed by atoms with van der Waals surface area (Å²) < 4.78 is 16.6. The second-order valence-electron chi connectivity index (χ2n) is 10.1. The molecule has 0 spiro atoms. The zero-order valence-corrected chi connectivity index (χ0v) is 21.6. The van der Waals surface area contributed by atoms with E-state index in [2.05, 4.69) is 5.32 Å². The van der Waals surface area contributed by atoms with Crippen molar-refractivity contribution in [1.29, 1.82) is 0 Å². The Bertz CT molecular complexity index is 1050. The van der Waals surface area contributed by atoms with Gasteiger partial charge in [-0.05, 0) is 62.8 Å². The monoisotopic (exact) mass is 512 g/mol. The number of likely N-dealkylation sites (tertiary alicyclic amines) is 1. The fraction of sp³-hybridized carbons (Fsp3) is 0.464. The fourth-order valence-electron chi connectivity index (χ4n) is 4.22. The number of carbonyl (C=O) groups excluding carboxylic acids is 2. The first-order valence-electron chi connectivity index (χ1n) is 12.5. The summed E-state index contributed by atoms with van der Waals surface area (Å²) in [6.07, 6.45) is -0.473. The number of ether oxygens (including phenoxy) is 3. The molecule has 0 aliphatic carbocycles. The summed E-state index contributed by atoms with van der Waals surface area (Å²) in [4.78, 5) is 37.7. The van der Waals surface area contributed by atoms with Gasteiger partial charge >= 0.3 is 18.2 Å². The summed E-state index contributed by atoms with van der Waals surface area (Å²) >= 11 is 0. The third-order valence-corrected chi connectivity index (χ3v) is 5.98. The van der Waals surface area contributed by atoms with Gasteiger partial charge in [-0.15, -0.1) is 0 Å². The topological polar surface area (TPSA) is 114 Å². The van der Waals surface area contributed by atoms with E-state index in [1.807, 2.05) is 69.3 Å². The minimum atomic E-state index is -0.974. The highest BCUT2D eigenvalue weighted by atomic mass is 16.6. The van der Waals surface area contributed by atoms with Crippen LogP contribution < -0.4 is 10.1 Å². The first-order chi connectivity index (χ1) is 17.6. The Morgan fingerprint density at radius 3 is 2.49 bits per heavy atom. The van der Waals surface area contributed by atoms with E-state index in [1.54, 1.807) is 6.07 Å². The molecule has 1 aliphatic rings. The Hall–Kier alpha value is -3.75. The number of hydrogen-bond acceptors (Lipinski definition) is 6. The zero-order valence-electron chi connectivity index (χ0n) is 21.6. The van der Waals surface area contributed by atoms with Gasteiger partial charge in [0.15, 0.2) is 0 Å². The number of benzene rings is 2. The second kappa shape index (κ2) is 13.0. The molecule has 200 valence electrons. The van der Waals surface area contributed by atoms with E-state index in [4.69, 9.17) is 14.2 Å². The van der Waals surface area contributed by atoms with Gasteiger partial charge in [-0.25, -0.2) is 9.59 Å². The molecule has 37 heavy (non-hydrogen) atoms. The number of nitrogens with zero attached hydrogens (tertiary/aromatic N) is 1. The lowest BCUT2D eigenvalue weighted by Gasteiger charge is -2.27. The molecule has 2 unspecified atom stereocenters. The minimum absolute atomic E-state index is 0.123. The van der Waals surface area contributed by atoms with Gasteiger partial charge in [0.1, 0.15) is 24.6 Å². The quantitative estimate of drug-likeness (QED) is 0.356. The van der Waals surface area contributed by atoms with Crippen LogP contribution in [0.1, 0.15) is 38.3 Å². The zero-order chi connectivity index (χ0) is 26.8. The van der Waals surface area contributed by atoms with Gasteiger partial charge in [-0.3, -0.25) is 4.79 Å². The lowest BCUT2D eigenvalue weighted by atomic mass is 9.86. The standard InChI is InChI=1S/C28H36N2O7/c1-28(2,3)37-25(31)24(22-12-14-30(18-22)27(33)34)17-21-10-7-11-23(16-21)35-15-13-29-26(32)36-19-20-8-5-4-6-9-20/h4-11,16,22,24H,12-15,17-19H2,1-3H3,(H,29,32)(H,33,34). The molecule has 9 nitrogen and oxygen atoms in total. The van der Waals surface area contributed by atoms with Crippen molar-refractivity contribution in [2.24, 2.45) is 11.8 Å². The van der Waals surface area contributed by atoms with Gasteiger partial charge < -0.3 is 29.5 Å². The Morgan fingerprint density at radius 1 is 1.08 bits per heavy atom. The van der Waals surface area contributed by atoms with E-state index in [1.165, 1.54) is 4.90 Å². The Balaban J connectivity index is 1.52. The lowest BCUT2D eigenvalue weighted by molar-refractivity contribution is -0.161. The first kappa shape index (κ1) is 27.8. The van der Waals surface area contributed by atoms with E-state index in [9.17, 15) is 19.5 Å². The maximum Gasteiger partial charge on any atom is 0.407 e. The molecule has 1 aliphatic heterocycles. The van der Waals surface area contributed by atoms with Crippen LogP contribution in [0.15, 0.2) is 54.6 Å². The highest BCUT2D eigenvalue weighted by Gasteiger charge is 2.38. The highest BCUT2D eigenvalue weighted by molar-refractivity contribution is 5.74. The van der Waals surface area contributed by atoms with Crippen LogP contribution in [0.25, 0.3) is 0 Å². The van der Waals surface area contributed by atoms with E-state index >= 15 is 0 Å². The molecular formula is C28H36N2O7. The van der Waals surface area contributed by atoms with E-state index in [0.29, 0.717) is 31.7 Å². The van der Waals surface area contributed by atoms with Crippen molar-refractivity contribution >= 4 is 18.2 Å². The summed E-state index contributed by atoms with van der Waals surface area (Å²) in [5.41, 5.74) is 1.15. The molecule has 1 heterocycles. The minimum Gasteiger partial charge on any atom is -0.492 e. The van der Waals surface area contributed by atoms with Crippen molar-refractivity contribution in [3.8, 4) is 5.75 Å². The van der Waals surface area contributed by atoms with Gasteiger partial charge in [0, 0.05) is 13.1 Å². The second-order valence-corrected chi connectivity index (χ2v) is 10.1. The Labute approximate surface area is 217 Å². The van der Waals surface area contributed by atoms with Gasteiger partial charge in [0.05, 0.1) is 12.5 Å². The van der Waals surface area contributed by atoms with Crippen LogP contribution in [0.5, 0.6) is 5.75 Å². The molecule has 1 saturated heterocycles. The molecule has 0 aromatic heterocycles. The third-order valence-electron chi connectivity index (χ3n) is 5.98. The number of esters is 1. The number of amides is 2. The van der Waals surface area contributed by atoms with Crippen LogP contribution in [-0.4, -0.2) is 60.0 Å². The van der Waals surface area contributed by atoms with Crippen molar-refractivity contribution in [1.82, 2.24) is 10.2 Å². The maximum atomic E-state index is 13.1. The van der Waals surface area contributed by atoms with Crippen molar-refractivity contribution in [3.63, 3.8) is 0 Å². The average molecular weight is 513 g/mol. The summed E-state index contributed by atoms with van der Waals surface area (Å²) in [5.74, 6) is -0.311. The van der Waals surface area contributed by atoms with Gasteiger partial charge in [0.2, 0.25) is 0 Å². The van der Waals surface area contributed by atoms with Crippen LogP contribution in [0.3, 0.4) is 0 Å². The molecular weight excluding hydrogens is 476 g/mol. The number of carbonyl (C=O) groups is 3. The van der Waals surface area contributed by atoms with Crippen molar-refractivity contribution in [3.05, 3.63) is 65.7 Å². The van der Waals surface area contributed by atoms with Gasteiger partial charge in [-0.1, -0.05) is 42.5 Å². The normalized spacial score (nSPS) is 16.1.